The average molecular weight is 366 g/mol. The van der Waals surface area contributed by atoms with Gasteiger partial charge in [0.1, 0.15) is 11.6 Å². The Kier molecular flexibility index (Phi) is 6.40. The molecule has 2 aromatic carbocycles. The van der Waals surface area contributed by atoms with E-state index in [9.17, 15) is 8.78 Å². The summed E-state index contributed by atoms with van der Waals surface area (Å²) in [5, 5.41) is 3.63. The van der Waals surface area contributed by atoms with Crippen molar-refractivity contribution in [2.24, 2.45) is 5.92 Å². The summed E-state index contributed by atoms with van der Waals surface area (Å²) in [5.41, 5.74) is 1.15. The van der Waals surface area contributed by atoms with Gasteiger partial charge < -0.3 is 10.1 Å². The summed E-state index contributed by atoms with van der Waals surface area (Å²) in [7, 11) is 0. The Labute approximate surface area is 152 Å². The molecule has 0 aromatic heterocycles. The number of benzene rings is 2. The van der Waals surface area contributed by atoms with Gasteiger partial charge in [-0.25, -0.2) is 8.78 Å². The number of nitrogens with one attached hydrogen (secondary N) is 1. The Hall–Kier alpha value is -1.49. The molecule has 25 heavy (non-hydrogen) atoms. The quantitative estimate of drug-likeness (QED) is 0.711. The lowest BCUT2D eigenvalue weighted by molar-refractivity contribution is 0.0639. The second-order valence-electron chi connectivity index (χ2n) is 6.42. The van der Waals surface area contributed by atoms with Gasteiger partial charge in [0.2, 0.25) is 0 Å². The summed E-state index contributed by atoms with van der Waals surface area (Å²) in [6.45, 7) is 2.56. The van der Waals surface area contributed by atoms with E-state index < -0.39 is 11.6 Å². The van der Waals surface area contributed by atoms with Gasteiger partial charge in [-0.15, -0.1) is 0 Å². The van der Waals surface area contributed by atoms with Crippen molar-refractivity contribution in [1.82, 2.24) is 5.32 Å². The molecule has 0 bridgehead atoms. The SMILES string of the molecule is Fc1cc(-c2ccccc2Cl)cc(F)c1CNCCC1CCOCC1. The summed E-state index contributed by atoms with van der Waals surface area (Å²) in [6.07, 6.45) is 3.14. The van der Waals surface area contributed by atoms with Crippen LogP contribution in [-0.4, -0.2) is 19.8 Å². The van der Waals surface area contributed by atoms with Crippen LogP contribution in [0.3, 0.4) is 0 Å². The molecule has 2 nitrogen and oxygen atoms in total. The third-order valence-corrected chi connectivity index (χ3v) is 5.03. The van der Waals surface area contributed by atoms with Crippen LogP contribution in [-0.2, 0) is 11.3 Å². The fourth-order valence-corrected chi connectivity index (χ4v) is 3.42. The van der Waals surface area contributed by atoms with Crippen molar-refractivity contribution in [1.29, 1.82) is 0 Å². The summed E-state index contributed by atoms with van der Waals surface area (Å²) < 4.78 is 34.1. The molecule has 0 saturated carbocycles. The molecule has 0 amide bonds. The van der Waals surface area contributed by atoms with E-state index in [1.54, 1.807) is 24.3 Å². The monoisotopic (exact) mass is 365 g/mol. The molecule has 3 rings (SSSR count). The van der Waals surface area contributed by atoms with Crippen LogP contribution in [0.1, 0.15) is 24.8 Å². The molecular weight excluding hydrogens is 344 g/mol. The summed E-state index contributed by atoms with van der Waals surface area (Å²) in [4.78, 5) is 0. The van der Waals surface area contributed by atoms with E-state index in [4.69, 9.17) is 16.3 Å². The molecule has 1 heterocycles. The molecule has 5 heteroatoms. The average Bonchev–Trinajstić information content (AvgIpc) is 2.61. The van der Waals surface area contributed by atoms with Crippen molar-refractivity contribution in [2.45, 2.75) is 25.8 Å². The summed E-state index contributed by atoms with van der Waals surface area (Å²) in [5.74, 6) is -0.458. The second kappa shape index (κ2) is 8.75. The second-order valence-corrected chi connectivity index (χ2v) is 6.83. The number of ether oxygens (including phenoxy) is 1. The third-order valence-electron chi connectivity index (χ3n) is 4.70. The van der Waals surface area contributed by atoms with Crippen LogP contribution < -0.4 is 5.32 Å². The van der Waals surface area contributed by atoms with E-state index in [1.165, 1.54) is 12.1 Å². The zero-order valence-electron chi connectivity index (χ0n) is 14.0. The van der Waals surface area contributed by atoms with Gasteiger partial charge in [-0.2, -0.15) is 0 Å². The highest BCUT2D eigenvalue weighted by molar-refractivity contribution is 6.33. The molecule has 1 N–H and O–H groups in total. The molecular formula is C20H22ClF2NO. The zero-order valence-corrected chi connectivity index (χ0v) is 14.8. The number of hydrogen-bond donors (Lipinski definition) is 1. The maximum Gasteiger partial charge on any atom is 0.131 e. The number of halogens is 3. The topological polar surface area (TPSA) is 21.3 Å². The van der Waals surface area contributed by atoms with Gasteiger partial charge in [0.05, 0.1) is 0 Å². The molecule has 0 spiro atoms. The molecule has 1 aliphatic heterocycles. The molecule has 0 radical (unpaired) electrons. The Bertz CT molecular complexity index is 694. The van der Waals surface area contributed by atoms with E-state index in [0.717, 1.165) is 39.0 Å². The minimum atomic E-state index is -0.548. The molecule has 2 aromatic rings. The van der Waals surface area contributed by atoms with Crippen LogP contribution in [0.5, 0.6) is 0 Å². The van der Waals surface area contributed by atoms with Gasteiger partial charge in [-0.05, 0) is 55.5 Å². The zero-order chi connectivity index (χ0) is 17.6. The van der Waals surface area contributed by atoms with Crippen LogP contribution in [0.2, 0.25) is 5.02 Å². The third kappa shape index (κ3) is 4.78. The highest BCUT2D eigenvalue weighted by atomic mass is 35.5. The van der Waals surface area contributed by atoms with Crippen molar-refractivity contribution < 1.29 is 13.5 Å². The standard InChI is InChI=1S/C20H22ClF2NO/c21-18-4-2-1-3-16(18)15-11-19(22)17(20(23)12-15)13-24-8-5-14-6-9-25-10-7-14/h1-4,11-12,14,24H,5-10,13H2. The fourth-order valence-electron chi connectivity index (χ4n) is 3.18. The first-order chi connectivity index (χ1) is 12.1. The molecule has 1 fully saturated rings. The summed E-state index contributed by atoms with van der Waals surface area (Å²) >= 11 is 6.11. The van der Waals surface area contributed by atoms with Gasteiger partial charge in [-0.1, -0.05) is 29.8 Å². The Morgan fingerprint density at radius 2 is 1.76 bits per heavy atom. The fraction of sp³-hybridized carbons (Fsp3) is 0.400. The molecule has 1 saturated heterocycles. The van der Waals surface area contributed by atoms with Gasteiger partial charge in [0, 0.05) is 35.9 Å². The highest BCUT2D eigenvalue weighted by Crippen LogP contribution is 2.30. The lowest BCUT2D eigenvalue weighted by Gasteiger charge is -2.22. The van der Waals surface area contributed by atoms with Crippen LogP contribution in [0.4, 0.5) is 8.78 Å². The Morgan fingerprint density at radius 1 is 1.08 bits per heavy atom. The predicted octanol–water partition coefficient (Wildman–Crippen LogP) is 5.19. The van der Waals surface area contributed by atoms with E-state index in [-0.39, 0.29) is 12.1 Å². The van der Waals surface area contributed by atoms with Crippen LogP contribution in [0.15, 0.2) is 36.4 Å². The van der Waals surface area contributed by atoms with Crippen molar-refractivity contribution >= 4 is 11.6 Å². The van der Waals surface area contributed by atoms with E-state index in [1.807, 2.05) is 0 Å². The van der Waals surface area contributed by atoms with E-state index >= 15 is 0 Å². The Balaban J connectivity index is 1.61. The highest BCUT2D eigenvalue weighted by Gasteiger charge is 2.15. The molecule has 1 aliphatic rings. The maximum absolute atomic E-state index is 14.4. The van der Waals surface area contributed by atoms with Crippen molar-refractivity contribution in [3.8, 4) is 11.1 Å². The number of hydrogen-bond acceptors (Lipinski definition) is 2. The van der Waals surface area contributed by atoms with Gasteiger partial charge in [-0.3, -0.25) is 0 Å². The van der Waals surface area contributed by atoms with Gasteiger partial charge in [0.15, 0.2) is 0 Å². The smallest absolute Gasteiger partial charge is 0.131 e. The lowest BCUT2D eigenvalue weighted by atomic mass is 9.96. The van der Waals surface area contributed by atoms with E-state index in [2.05, 4.69) is 5.32 Å². The van der Waals surface area contributed by atoms with Gasteiger partial charge in [0.25, 0.3) is 0 Å². The predicted molar refractivity (Wildman–Crippen MR) is 96.7 cm³/mol. The first kappa shape index (κ1) is 18.3. The lowest BCUT2D eigenvalue weighted by Crippen LogP contribution is -2.22. The van der Waals surface area contributed by atoms with E-state index in [0.29, 0.717) is 22.1 Å². The molecule has 0 unspecified atom stereocenters. The summed E-state index contributed by atoms with van der Waals surface area (Å²) in [6, 6.07) is 9.73. The normalized spacial score (nSPS) is 15.5. The van der Waals surface area contributed by atoms with Crippen LogP contribution in [0.25, 0.3) is 11.1 Å². The van der Waals surface area contributed by atoms with Crippen LogP contribution >= 0.6 is 11.6 Å². The maximum atomic E-state index is 14.4. The van der Waals surface area contributed by atoms with Crippen molar-refractivity contribution in [2.75, 3.05) is 19.8 Å². The molecule has 0 atom stereocenters. The molecule has 0 aliphatic carbocycles. The number of rotatable bonds is 6. The van der Waals surface area contributed by atoms with Gasteiger partial charge >= 0.3 is 0 Å². The first-order valence-electron chi connectivity index (χ1n) is 8.66. The Morgan fingerprint density at radius 3 is 2.44 bits per heavy atom. The van der Waals surface area contributed by atoms with Crippen LogP contribution in [0, 0.1) is 17.6 Å². The minimum Gasteiger partial charge on any atom is -0.381 e. The first-order valence-corrected chi connectivity index (χ1v) is 9.04. The van der Waals surface area contributed by atoms with Crippen molar-refractivity contribution in [3.63, 3.8) is 0 Å². The minimum absolute atomic E-state index is 0.0720. The largest absolute Gasteiger partial charge is 0.381 e. The molecule has 134 valence electrons. The van der Waals surface area contributed by atoms with Crippen molar-refractivity contribution in [3.05, 3.63) is 58.6 Å².